The van der Waals surface area contributed by atoms with Crippen molar-refractivity contribution in [3.8, 4) is 5.75 Å². The molecule has 17 heavy (non-hydrogen) atoms. The monoisotopic (exact) mass is 237 g/mol. The van der Waals surface area contributed by atoms with Crippen molar-refractivity contribution in [1.29, 1.82) is 0 Å². The van der Waals surface area contributed by atoms with Gasteiger partial charge in [-0.25, -0.2) is 0 Å². The second kappa shape index (κ2) is 7.68. The van der Waals surface area contributed by atoms with E-state index < -0.39 is 0 Å². The van der Waals surface area contributed by atoms with E-state index in [4.69, 9.17) is 9.84 Å². The van der Waals surface area contributed by atoms with Crippen LogP contribution in [0.5, 0.6) is 5.75 Å². The number of hydrogen-bond donors (Lipinski definition) is 2. The summed E-state index contributed by atoms with van der Waals surface area (Å²) in [6.45, 7) is 3.75. The number of amides is 1. The average Bonchev–Trinajstić information content (AvgIpc) is 2.34. The zero-order chi connectivity index (χ0) is 12.5. The van der Waals surface area contributed by atoms with E-state index in [0.29, 0.717) is 26.2 Å². The van der Waals surface area contributed by atoms with Gasteiger partial charge in [-0.2, -0.15) is 0 Å². The number of hydrogen-bond acceptors (Lipinski definition) is 3. The molecule has 0 aliphatic carbocycles. The molecular formula is C13H19NO3. The number of ether oxygens (including phenoxy) is 1. The zero-order valence-electron chi connectivity index (χ0n) is 10.1. The van der Waals surface area contributed by atoms with Gasteiger partial charge in [0.25, 0.3) is 0 Å². The van der Waals surface area contributed by atoms with Gasteiger partial charge < -0.3 is 15.2 Å². The lowest BCUT2D eigenvalue weighted by Gasteiger charge is -2.05. The summed E-state index contributed by atoms with van der Waals surface area (Å²) >= 11 is 0. The van der Waals surface area contributed by atoms with Gasteiger partial charge in [0.15, 0.2) is 0 Å². The molecule has 4 heteroatoms. The fourth-order valence-electron chi connectivity index (χ4n) is 1.38. The number of carbonyl (C=O) groups excluding carboxylic acids is 1. The van der Waals surface area contributed by atoms with Crippen LogP contribution in [0.4, 0.5) is 0 Å². The fraction of sp³-hybridized carbons (Fsp3) is 0.462. The van der Waals surface area contributed by atoms with Gasteiger partial charge in [0.2, 0.25) is 5.91 Å². The maximum Gasteiger partial charge on any atom is 0.220 e. The van der Waals surface area contributed by atoms with E-state index in [9.17, 15) is 4.79 Å². The van der Waals surface area contributed by atoms with Gasteiger partial charge in [-0.1, -0.05) is 12.1 Å². The standard InChI is InChI=1S/C13H19NO3/c1-2-17-9-3-4-13(16)14-10-11-5-7-12(15)8-6-11/h5-8,15H,2-4,9-10H2,1H3,(H,14,16). The second-order valence-electron chi connectivity index (χ2n) is 3.74. The van der Waals surface area contributed by atoms with Crippen LogP contribution in [0.15, 0.2) is 24.3 Å². The Hall–Kier alpha value is -1.55. The minimum absolute atomic E-state index is 0.0257. The fourth-order valence-corrected chi connectivity index (χ4v) is 1.38. The third-order valence-electron chi connectivity index (χ3n) is 2.32. The third kappa shape index (κ3) is 5.92. The molecule has 0 saturated carbocycles. The van der Waals surface area contributed by atoms with Crippen LogP contribution in [0.1, 0.15) is 25.3 Å². The number of rotatable bonds is 7. The molecule has 4 nitrogen and oxygen atoms in total. The topological polar surface area (TPSA) is 58.6 Å². The van der Waals surface area contributed by atoms with Crippen LogP contribution in [0.3, 0.4) is 0 Å². The van der Waals surface area contributed by atoms with E-state index in [1.165, 1.54) is 0 Å². The Morgan fingerprint density at radius 1 is 1.35 bits per heavy atom. The Kier molecular flexibility index (Phi) is 6.10. The number of phenols is 1. The molecule has 0 bridgehead atoms. The normalized spacial score (nSPS) is 10.2. The first kappa shape index (κ1) is 13.5. The Morgan fingerprint density at radius 2 is 2.06 bits per heavy atom. The molecule has 1 amide bonds. The number of aromatic hydroxyl groups is 1. The molecule has 1 aromatic carbocycles. The molecule has 0 aliphatic heterocycles. The second-order valence-corrected chi connectivity index (χ2v) is 3.74. The van der Waals surface area contributed by atoms with Gasteiger partial charge in [-0.3, -0.25) is 4.79 Å². The van der Waals surface area contributed by atoms with E-state index in [1.807, 2.05) is 6.92 Å². The molecule has 0 aliphatic rings. The van der Waals surface area contributed by atoms with E-state index in [1.54, 1.807) is 24.3 Å². The van der Waals surface area contributed by atoms with Crippen molar-refractivity contribution in [3.05, 3.63) is 29.8 Å². The SMILES string of the molecule is CCOCCCC(=O)NCc1ccc(O)cc1. The van der Waals surface area contributed by atoms with Gasteiger partial charge >= 0.3 is 0 Å². The predicted molar refractivity (Wildman–Crippen MR) is 65.7 cm³/mol. The first-order valence-electron chi connectivity index (χ1n) is 5.84. The molecule has 0 radical (unpaired) electrons. The minimum atomic E-state index is 0.0257. The van der Waals surface area contributed by atoms with Crippen LogP contribution >= 0.6 is 0 Å². The summed E-state index contributed by atoms with van der Waals surface area (Å²) in [5, 5.41) is 11.9. The van der Waals surface area contributed by atoms with Crippen molar-refractivity contribution in [2.45, 2.75) is 26.3 Å². The average molecular weight is 237 g/mol. The first-order chi connectivity index (χ1) is 8.22. The van der Waals surface area contributed by atoms with Gasteiger partial charge in [0.05, 0.1) is 0 Å². The number of nitrogens with one attached hydrogen (secondary N) is 1. The lowest BCUT2D eigenvalue weighted by atomic mass is 10.2. The van der Waals surface area contributed by atoms with Crippen LogP contribution in [-0.4, -0.2) is 24.2 Å². The van der Waals surface area contributed by atoms with Crippen molar-refractivity contribution in [3.63, 3.8) is 0 Å². The van der Waals surface area contributed by atoms with E-state index in [2.05, 4.69) is 5.32 Å². The molecule has 0 heterocycles. The van der Waals surface area contributed by atoms with Crippen LogP contribution in [0, 0.1) is 0 Å². The summed E-state index contributed by atoms with van der Waals surface area (Å²) < 4.78 is 5.15. The molecule has 0 atom stereocenters. The molecule has 0 saturated heterocycles. The Morgan fingerprint density at radius 3 is 2.71 bits per heavy atom. The van der Waals surface area contributed by atoms with E-state index >= 15 is 0 Å². The highest BCUT2D eigenvalue weighted by Crippen LogP contribution is 2.09. The molecule has 0 spiro atoms. The maximum atomic E-state index is 11.4. The molecular weight excluding hydrogens is 218 g/mol. The van der Waals surface area contributed by atoms with Crippen LogP contribution in [-0.2, 0) is 16.1 Å². The highest BCUT2D eigenvalue weighted by Gasteiger charge is 2.01. The highest BCUT2D eigenvalue weighted by molar-refractivity contribution is 5.75. The lowest BCUT2D eigenvalue weighted by Crippen LogP contribution is -2.22. The van der Waals surface area contributed by atoms with Gasteiger partial charge in [0.1, 0.15) is 5.75 Å². The predicted octanol–water partition coefficient (Wildman–Crippen LogP) is 1.83. The Balaban J connectivity index is 2.17. The maximum absolute atomic E-state index is 11.4. The third-order valence-corrected chi connectivity index (χ3v) is 2.32. The number of phenolic OH excluding ortho intramolecular Hbond substituents is 1. The van der Waals surface area contributed by atoms with E-state index in [-0.39, 0.29) is 11.7 Å². The van der Waals surface area contributed by atoms with Crippen LogP contribution < -0.4 is 5.32 Å². The summed E-state index contributed by atoms with van der Waals surface area (Å²) in [6.07, 6.45) is 1.23. The van der Waals surface area contributed by atoms with Gasteiger partial charge in [-0.05, 0) is 31.0 Å². The van der Waals surface area contributed by atoms with E-state index in [0.717, 1.165) is 12.0 Å². The minimum Gasteiger partial charge on any atom is -0.508 e. The summed E-state index contributed by atoms with van der Waals surface area (Å²) in [4.78, 5) is 11.4. The van der Waals surface area contributed by atoms with Gasteiger partial charge in [0, 0.05) is 26.2 Å². The Bertz CT molecular complexity index is 335. The molecule has 94 valence electrons. The molecule has 2 N–H and O–H groups in total. The largest absolute Gasteiger partial charge is 0.508 e. The molecule has 0 aromatic heterocycles. The van der Waals surface area contributed by atoms with Crippen molar-refractivity contribution < 1.29 is 14.6 Å². The molecule has 1 aromatic rings. The zero-order valence-corrected chi connectivity index (χ0v) is 10.1. The Labute approximate surface area is 102 Å². The molecule has 0 fully saturated rings. The summed E-state index contributed by atoms with van der Waals surface area (Å²) in [6, 6.07) is 6.79. The smallest absolute Gasteiger partial charge is 0.220 e. The lowest BCUT2D eigenvalue weighted by molar-refractivity contribution is -0.121. The number of carbonyl (C=O) groups is 1. The summed E-state index contributed by atoms with van der Waals surface area (Å²) in [5.74, 6) is 0.259. The van der Waals surface area contributed by atoms with Crippen LogP contribution in [0.2, 0.25) is 0 Å². The highest BCUT2D eigenvalue weighted by atomic mass is 16.5. The van der Waals surface area contributed by atoms with Crippen molar-refractivity contribution >= 4 is 5.91 Å². The quantitative estimate of drug-likeness (QED) is 0.711. The van der Waals surface area contributed by atoms with Crippen molar-refractivity contribution in [1.82, 2.24) is 5.32 Å². The van der Waals surface area contributed by atoms with Crippen molar-refractivity contribution in [2.24, 2.45) is 0 Å². The number of benzene rings is 1. The summed E-state index contributed by atoms with van der Waals surface area (Å²) in [5.41, 5.74) is 0.973. The molecule has 1 rings (SSSR count). The summed E-state index contributed by atoms with van der Waals surface area (Å²) in [7, 11) is 0. The van der Waals surface area contributed by atoms with Crippen LogP contribution in [0.25, 0.3) is 0 Å². The van der Waals surface area contributed by atoms with Crippen molar-refractivity contribution in [2.75, 3.05) is 13.2 Å². The first-order valence-corrected chi connectivity index (χ1v) is 5.84. The van der Waals surface area contributed by atoms with Gasteiger partial charge in [-0.15, -0.1) is 0 Å². The molecule has 0 unspecified atom stereocenters.